The number of aromatic nitrogens is 2. The number of hydrogen-bond acceptors (Lipinski definition) is 4. The summed E-state index contributed by atoms with van der Waals surface area (Å²) in [5.41, 5.74) is 4.94. The van der Waals surface area contributed by atoms with Crippen LogP contribution in [0.2, 0.25) is 0 Å². The van der Waals surface area contributed by atoms with Crippen molar-refractivity contribution in [3.05, 3.63) is 84.2 Å². The molecule has 0 radical (unpaired) electrons. The summed E-state index contributed by atoms with van der Waals surface area (Å²) in [6.07, 6.45) is 1.54. The largest absolute Gasteiger partial charge is 0.477 e. The molecular formula is C22H16N2O3. The average Bonchev–Trinajstić information content (AvgIpc) is 2.73. The number of hydrogen-bond donors (Lipinski definition) is 2. The van der Waals surface area contributed by atoms with Crippen LogP contribution in [-0.4, -0.2) is 26.2 Å². The van der Waals surface area contributed by atoms with Crippen LogP contribution >= 0.6 is 0 Å². The van der Waals surface area contributed by atoms with Gasteiger partial charge in [0.2, 0.25) is 0 Å². The third-order valence-corrected chi connectivity index (χ3v) is 4.41. The number of aromatic carboxylic acids is 1. The van der Waals surface area contributed by atoms with Crippen LogP contribution in [0.4, 0.5) is 0 Å². The van der Waals surface area contributed by atoms with E-state index in [0.717, 1.165) is 33.3 Å². The van der Waals surface area contributed by atoms with Crippen molar-refractivity contribution in [2.45, 2.75) is 6.61 Å². The molecule has 0 saturated carbocycles. The molecule has 27 heavy (non-hydrogen) atoms. The summed E-state index contributed by atoms with van der Waals surface area (Å²) in [4.78, 5) is 20.0. The normalized spacial score (nSPS) is 10.9. The highest BCUT2D eigenvalue weighted by Crippen LogP contribution is 2.33. The van der Waals surface area contributed by atoms with Gasteiger partial charge in [0.15, 0.2) is 0 Å². The number of fused-ring (bicyclic) bond motifs is 1. The first kappa shape index (κ1) is 16.9. The third-order valence-electron chi connectivity index (χ3n) is 4.41. The number of benzene rings is 2. The molecule has 5 heteroatoms. The summed E-state index contributed by atoms with van der Waals surface area (Å²) >= 11 is 0. The van der Waals surface area contributed by atoms with Gasteiger partial charge < -0.3 is 10.2 Å². The molecule has 0 amide bonds. The summed E-state index contributed by atoms with van der Waals surface area (Å²) in [5.74, 6) is -1.08. The van der Waals surface area contributed by atoms with Gasteiger partial charge in [-0.25, -0.2) is 14.8 Å². The molecule has 0 aliphatic heterocycles. The van der Waals surface area contributed by atoms with Gasteiger partial charge in [0.1, 0.15) is 5.69 Å². The molecule has 0 spiro atoms. The first-order valence-electron chi connectivity index (χ1n) is 8.45. The van der Waals surface area contributed by atoms with Crippen molar-refractivity contribution in [1.29, 1.82) is 0 Å². The SMILES string of the molecule is O=C(O)c1cc2nc(-c3ccc(CO)cc3)c(-c3ccccc3)cc2cn1. The molecule has 2 heterocycles. The average molecular weight is 356 g/mol. The topological polar surface area (TPSA) is 83.3 Å². The molecule has 2 aromatic heterocycles. The van der Waals surface area contributed by atoms with Crippen LogP contribution in [-0.2, 0) is 6.61 Å². The smallest absolute Gasteiger partial charge is 0.354 e. The number of aliphatic hydroxyl groups is 1. The molecule has 0 saturated heterocycles. The van der Waals surface area contributed by atoms with Crippen LogP contribution in [0.25, 0.3) is 33.3 Å². The molecule has 0 fully saturated rings. The number of nitrogens with zero attached hydrogens (tertiary/aromatic N) is 2. The molecule has 2 N–H and O–H groups in total. The number of rotatable bonds is 4. The molecule has 4 aromatic rings. The number of aliphatic hydroxyl groups excluding tert-OH is 1. The summed E-state index contributed by atoms with van der Waals surface area (Å²) in [5, 5.41) is 19.3. The Bertz CT molecular complexity index is 1120. The Balaban J connectivity index is 1.97. The Morgan fingerprint density at radius 2 is 1.67 bits per heavy atom. The Labute approximate surface area is 155 Å². The van der Waals surface area contributed by atoms with E-state index >= 15 is 0 Å². The van der Waals surface area contributed by atoms with Crippen LogP contribution in [0.1, 0.15) is 16.1 Å². The van der Waals surface area contributed by atoms with E-state index in [0.29, 0.717) is 5.52 Å². The fraction of sp³-hybridized carbons (Fsp3) is 0.0455. The van der Waals surface area contributed by atoms with E-state index in [2.05, 4.69) is 4.98 Å². The molecule has 132 valence electrons. The first-order chi connectivity index (χ1) is 13.2. The van der Waals surface area contributed by atoms with Crippen molar-refractivity contribution in [3.63, 3.8) is 0 Å². The maximum atomic E-state index is 11.2. The van der Waals surface area contributed by atoms with Crippen molar-refractivity contribution in [2.75, 3.05) is 0 Å². The van der Waals surface area contributed by atoms with Gasteiger partial charge in [-0.2, -0.15) is 0 Å². The summed E-state index contributed by atoms with van der Waals surface area (Å²) < 4.78 is 0. The Morgan fingerprint density at radius 3 is 2.33 bits per heavy atom. The molecule has 2 aromatic carbocycles. The van der Waals surface area contributed by atoms with Gasteiger partial charge in [-0.1, -0.05) is 54.6 Å². The lowest BCUT2D eigenvalue weighted by Crippen LogP contribution is -2.00. The lowest BCUT2D eigenvalue weighted by atomic mass is 9.97. The zero-order chi connectivity index (χ0) is 18.8. The highest BCUT2D eigenvalue weighted by Gasteiger charge is 2.13. The van der Waals surface area contributed by atoms with E-state index < -0.39 is 5.97 Å². The molecule has 0 aliphatic carbocycles. The van der Waals surface area contributed by atoms with Gasteiger partial charge in [-0.15, -0.1) is 0 Å². The fourth-order valence-corrected chi connectivity index (χ4v) is 3.01. The Kier molecular flexibility index (Phi) is 4.36. The zero-order valence-corrected chi connectivity index (χ0v) is 14.3. The van der Waals surface area contributed by atoms with Crippen molar-refractivity contribution < 1.29 is 15.0 Å². The van der Waals surface area contributed by atoms with Crippen molar-refractivity contribution in [3.8, 4) is 22.4 Å². The molecule has 4 rings (SSSR count). The van der Waals surface area contributed by atoms with E-state index in [-0.39, 0.29) is 12.3 Å². The van der Waals surface area contributed by atoms with Gasteiger partial charge >= 0.3 is 5.97 Å². The minimum atomic E-state index is -1.08. The predicted molar refractivity (Wildman–Crippen MR) is 103 cm³/mol. The van der Waals surface area contributed by atoms with E-state index in [9.17, 15) is 15.0 Å². The highest BCUT2D eigenvalue weighted by atomic mass is 16.4. The summed E-state index contributed by atoms with van der Waals surface area (Å²) in [7, 11) is 0. The van der Waals surface area contributed by atoms with Crippen LogP contribution < -0.4 is 0 Å². The van der Waals surface area contributed by atoms with Gasteiger partial charge in [-0.05, 0) is 23.3 Å². The standard InChI is InChI=1S/C22H16N2O3/c25-13-14-6-8-16(9-7-14)21-18(15-4-2-1-3-5-15)10-17-12-23-20(22(26)27)11-19(17)24-21/h1-12,25H,13H2,(H,26,27). The highest BCUT2D eigenvalue weighted by molar-refractivity contribution is 5.94. The first-order valence-corrected chi connectivity index (χ1v) is 8.45. The van der Waals surface area contributed by atoms with Crippen molar-refractivity contribution in [2.24, 2.45) is 0 Å². The van der Waals surface area contributed by atoms with Crippen LogP contribution in [0.15, 0.2) is 72.9 Å². The maximum Gasteiger partial charge on any atom is 0.354 e. The van der Waals surface area contributed by atoms with E-state index in [4.69, 9.17) is 4.98 Å². The molecule has 0 aliphatic rings. The van der Waals surface area contributed by atoms with Crippen LogP contribution in [0.5, 0.6) is 0 Å². The van der Waals surface area contributed by atoms with Gasteiger partial charge in [0.25, 0.3) is 0 Å². The van der Waals surface area contributed by atoms with Crippen LogP contribution in [0, 0.1) is 0 Å². The van der Waals surface area contributed by atoms with Gasteiger partial charge in [0.05, 0.1) is 17.8 Å². The monoisotopic (exact) mass is 356 g/mol. The second-order valence-corrected chi connectivity index (χ2v) is 6.17. The van der Waals surface area contributed by atoms with Crippen molar-refractivity contribution >= 4 is 16.9 Å². The lowest BCUT2D eigenvalue weighted by molar-refractivity contribution is 0.0690. The minimum Gasteiger partial charge on any atom is -0.477 e. The number of carboxylic acids is 1. The Morgan fingerprint density at radius 1 is 0.926 bits per heavy atom. The summed E-state index contributed by atoms with van der Waals surface area (Å²) in [6.45, 7) is -0.0232. The zero-order valence-electron chi connectivity index (χ0n) is 14.3. The maximum absolute atomic E-state index is 11.2. The number of carbonyl (C=O) groups is 1. The molecule has 0 bridgehead atoms. The minimum absolute atomic E-state index is 0.0232. The Hall–Kier alpha value is -3.57. The van der Waals surface area contributed by atoms with Crippen LogP contribution in [0.3, 0.4) is 0 Å². The third kappa shape index (κ3) is 3.28. The number of pyridine rings is 2. The second-order valence-electron chi connectivity index (χ2n) is 6.17. The number of carboxylic acid groups (broad SMARTS) is 1. The van der Waals surface area contributed by atoms with Gasteiger partial charge in [-0.3, -0.25) is 0 Å². The summed E-state index contributed by atoms with van der Waals surface area (Å²) in [6, 6.07) is 20.9. The molecule has 0 unspecified atom stereocenters. The van der Waals surface area contributed by atoms with E-state index in [1.807, 2.05) is 60.7 Å². The fourth-order valence-electron chi connectivity index (χ4n) is 3.01. The lowest BCUT2D eigenvalue weighted by Gasteiger charge is -2.12. The quantitative estimate of drug-likeness (QED) is 0.574. The van der Waals surface area contributed by atoms with E-state index in [1.54, 1.807) is 0 Å². The molecule has 5 nitrogen and oxygen atoms in total. The van der Waals surface area contributed by atoms with Crippen molar-refractivity contribution in [1.82, 2.24) is 9.97 Å². The predicted octanol–water partition coefficient (Wildman–Crippen LogP) is 4.15. The van der Waals surface area contributed by atoms with E-state index in [1.165, 1.54) is 12.3 Å². The molecule has 0 atom stereocenters. The molecular weight excluding hydrogens is 340 g/mol. The van der Waals surface area contributed by atoms with Gasteiger partial charge in [0, 0.05) is 22.7 Å². The second kappa shape index (κ2) is 6.97.